The zero-order valence-corrected chi connectivity index (χ0v) is 11.6. The van der Waals surface area contributed by atoms with E-state index in [0.717, 1.165) is 19.5 Å². The number of nitrogens with zero attached hydrogens (tertiary/aromatic N) is 1. The summed E-state index contributed by atoms with van der Waals surface area (Å²) in [7, 11) is 0. The number of phenols is 2. The van der Waals surface area contributed by atoms with E-state index in [2.05, 4.69) is 17.0 Å². The van der Waals surface area contributed by atoms with Gasteiger partial charge < -0.3 is 10.2 Å². The van der Waals surface area contributed by atoms with Gasteiger partial charge in [0.15, 0.2) is 5.78 Å². The molecule has 2 aromatic rings. The van der Waals surface area contributed by atoms with Gasteiger partial charge in [-0.05, 0) is 29.7 Å². The monoisotopic (exact) mass is 283 g/mol. The predicted molar refractivity (Wildman–Crippen MR) is 79.5 cm³/mol. The third kappa shape index (κ3) is 2.90. The van der Waals surface area contributed by atoms with Crippen molar-refractivity contribution < 1.29 is 15.0 Å². The van der Waals surface area contributed by atoms with Gasteiger partial charge in [-0.3, -0.25) is 9.69 Å². The van der Waals surface area contributed by atoms with Crippen molar-refractivity contribution in [1.29, 1.82) is 0 Å². The molecule has 0 unspecified atom stereocenters. The molecular formula is C17H17NO3. The molecule has 0 spiro atoms. The quantitative estimate of drug-likeness (QED) is 0.849. The summed E-state index contributed by atoms with van der Waals surface area (Å²) in [5, 5.41) is 19.0. The molecule has 0 aromatic heterocycles. The molecule has 1 heterocycles. The van der Waals surface area contributed by atoms with E-state index in [9.17, 15) is 15.0 Å². The summed E-state index contributed by atoms with van der Waals surface area (Å²) < 4.78 is 0. The second kappa shape index (κ2) is 5.58. The topological polar surface area (TPSA) is 60.8 Å². The third-order valence-electron chi connectivity index (χ3n) is 3.86. The smallest absolute Gasteiger partial charge is 0.180 e. The van der Waals surface area contributed by atoms with Crippen LogP contribution in [-0.2, 0) is 13.0 Å². The lowest BCUT2D eigenvalue weighted by Gasteiger charge is -2.28. The zero-order chi connectivity index (χ0) is 14.8. The van der Waals surface area contributed by atoms with Gasteiger partial charge in [0.25, 0.3) is 0 Å². The van der Waals surface area contributed by atoms with Crippen molar-refractivity contribution in [2.24, 2.45) is 0 Å². The van der Waals surface area contributed by atoms with Crippen LogP contribution in [-0.4, -0.2) is 34.0 Å². The molecule has 0 atom stereocenters. The van der Waals surface area contributed by atoms with Gasteiger partial charge in [-0.1, -0.05) is 24.3 Å². The van der Waals surface area contributed by atoms with Crippen molar-refractivity contribution in [2.75, 3.05) is 13.1 Å². The third-order valence-corrected chi connectivity index (χ3v) is 3.86. The van der Waals surface area contributed by atoms with E-state index in [-0.39, 0.29) is 29.4 Å². The first-order valence-corrected chi connectivity index (χ1v) is 6.98. The molecule has 2 N–H and O–H groups in total. The van der Waals surface area contributed by atoms with E-state index in [1.165, 1.54) is 29.3 Å². The first-order valence-electron chi connectivity index (χ1n) is 6.98. The first kappa shape index (κ1) is 13.6. The van der Waals surface area contributed by atoms with Crippen LogP contribution in [0, 0.1) is 0 Å². The van der Waals surface area contributed by atoms with Crippen LogP contribution in [0.1, 0.15) is 21.5 Å². The second-order valence-corrected chi connectivity index (χ2v) is 5.35. The van der Waals surface area contributed by atoms with Gasteiger partial charge in [0, 0.05) is 19.2 Å². The van der Waals surface area contributed by atoms with Gasteiger partial charge in [0.2, 0.25) is 0 Å². The Balaban J connectivity index is 1.71. The van der Waals surface area contributed by atoms with Crippen LogP contribution in [0.2, 0.25) is 0 Å². The number of ketones is 1. The summed E-state index contributed by atoms with van der Waals surface area (Å²) >= 11 is 0. The molecular weight excluding hydrogens is 266 g/mol. The SMILES string of the molecule is O=C(CN1CCc2ccccc2C1)c1ccc(O)cc1O. The number of hydrogen-bond donors (Lipinski definition) is 2. The maximum absolute atomic E-state index is 12.3. The van der Waals surface area contributed by atoms with Crippen LogP contribution in [0.25, 0.3) is 0 Å². The minimum Gasteiger partial charge on any atom is -0.508 e. The molecule has 0 saturated heterocycles. The highest BCUT2D eigenvalue weighted by Crippen LogP contribution is 2.24. The molecule has 0 saturated carbocycles. The Morgan fingerprint density at radius 1 is 1.10 bits per heavy atom. The molecule has 0 radical (unpaired) electrons. The Morgan fingerprint density at radius 2 is 1.86 bits per heavy atom. The number of benzene rings is 2. The molecule has 1 aliphatic rings. The van der Waals surface area contributed by atoms with Crippen LogP contribution in [0.15, 0.2) is 42.5 Å². The van der Waals surface area contributed by atoms with Crippen molar-refractivity contribution in [3.63, 3.8) is 0 Å². The molecule has 0 fully saturated rings. The second-order valence-electron chi connectivity index (χ2n) is 5.35. The number of rotatable bonds is 3. The van der Waals surface area contributed by atoms with Gasteiger partial charge in [-0.2, -0.15) is 0 Å². The molecule has 1 aliphatic heterocycles. The number of Topliss-reactive ketones (excluding diaryl/α,β-unsaturated/α-hetero) is 1. The average molecular weight is 283 g/mol. The van der Waals surface area contributed by atoms with Crippen LogP contribution in [0.4, 0.5) is 0 Å². The summed E-state index contributed by atoms with van der Waals surface area (Å²) in [4.78, 5) is 14.4. The Kier molecular flexibility index (Phi) is 3.62. The fourth-order valence-electron chi connectivity index (χ4n) is 2.73. The first-order chi connectivity index (χ1) is 10.1. The Hall–Kier alpha value is -2.33. The Morgan fingerprint density at radius 3 is 2.62 bits per heavy atom. The molecule has 2 aromatic carbocycles. The van der Waals surface area contributed by atoms with E-state index in [1.807, 2.05) is 12.1 Å². The number of aromatic hydroxyl groups is 2. The lowest BCUT2D eigenvalue weighted by molar-refractivity contribution is 0.0919. The molecule has 21 heavy (non-hydrogen) atoms. The molecule has 4 nitrogen and oxygen atoms in total. The van der Waals surface area contributed by atoms with Gasteiger partial charge >= 0.3 is 0 Å². The standard InChI is InChI=1S/C17H17NO3/c19-14-5-6-15(16(20)9-14)17(21)11-18-8-7-12-3-1-2-4-13(12)10-18/h1-6,9,19-20H,7-8,10-11H2. The van der Waals surface area contributed by atoms with E-state index in [4.69, 9.17) is 0 Å². The van der Waals surface area contributed by atoms with Crippen molar-refractivity contribution in [3.05, 3.63) is 59.2 Å². The van der Waals surface area contributed by atoms with Crippen molar-refractivity contribution >= 4 is 5.78 Å². The highest BCUT2D eigenvalue weighted by atomic mass is 16.3. The maximum Gasteiger partial charge on any atom is 0.180 e. The van der Waals surface area contributed by atoms with Crippen molar-refractivity contribution in [2.45, 2.75) is 13.0 Å². The van der Waals surface area contributed by atoms with Gasteiger partial charge in [0.05, 0.1) is 12.1 Å². The number of phenolic OH excluding ortho intramolecular Hbond substituents is 2. The van der Waals surface area contributed by atoms with Gasteiger partial charge in [0.1, 0.15) is 11.5 Å². The summed E-state index contributed by atoms with van der Waals surface area (Å²) in [6.45, 7) is 1.86. The predicted octanol–water partition coefficient (Wildman–Crippen LogP) is 2.34. The summed E-state index contributed by atoms with van der Waals surface area (Å²) in [6.07, 6.45) is 0.936. The van der Waals surface area contributed by atoms with Gasteiger partial charge in [-0.15, -0.1) is 0 Å². The lowest BCUT2D eigenvalue weighted by Crippen LogP contribution is -2.34. The van der Waals surface area contributed by atoms with Crippen LogP contribution in [0.5, 0.6) is 11.5 Å². The molecule has 0 aliphatic carbocycles. The minimum absolute atomic E-state index is 0.0454. The number of fused-ring (bicyclic) bond motifs is 1. The van der Waals surface area contributed by atoms with Crippen LogP contribution < -0.4 is 0 Å². The summed E-state index contributed by atoms with van der Waals surface area (Å²) in [5.74, 6) is -0.347. The highest BCUT2D eigenvalue weighted by Gasteiger charge is 2.20. The largest absolute Gasteiger partial charge is 0.508 e. The average Bonchev–Trinajstić information content (AvgIpc) is 2.47. The number of hydrogen-bond acceptors (Lipinski definition) is 4. The fourth-order valence-corrected chi connectivity index (χ4v) is 2.73. The molecule has 0 bridgehead atoms. The molecule has 0 amide bonds. The maximum atomic E-state index is 12.3. The highest BCUT2D eigenvalue weighted by molar-refractivity contribution is 6.00. The zero-order valence-electron chi connectivity index (χ0n) is 11.6. The lowest BCUT2D eigenvalue weighted by atomic mass is 9.99. The van der Waals surface area contributed by atoms with Crippen LogP contribution >= 0.6 is 0 Å². The molecule has 3 rings (SSSR count). The van der Waals surface area contributed by atoms with E-state index >= 15 is 0 Å². The van der Waals surface area contributed by atoms with Crippen molar-refractivity contribution in [3.8, 4) is 11.5 Å². The van der Waals surface area contributed by atoms with E-state index < -0.39 is 0 Å². The minimum atomic E-state index is -0.169. The Labute approximate surface area is 123 Å². The van der Waals surface area contributed by atoms with Crippen LogP contribution in [0.3, 0.4) is 0 Å². The van der Waals surface area contributed by atoms with E-state index in [1.54, 1.807) is 0 Å². The Bertz CT molecular complexity index is 681. The molecule has 108 valence electrons. The van der Waals surface area contributed by atoms with Crippen molar-refractivity contribution in [1.82, 2.24) is 4.90 Å². The van der Waals surface area contributed by atoms with E-state index in [0.29, 0.717) is 0 Å². The van der Waals surface area contributed by atoms with Gasteiger partial charge in [-0.25, -0.2) is 0 Å². The summed E-state index contributed by atoms with van der Waals surface area (Å²) in [5.41, 5.74) is 2.85. The fraction of sp³-hybridized carbons (Fsp3) is 0.235. The number of carbonyl (C=O) groups excluding carboxylic acids is 1. The summed E-state index contributed by atoms with van der Waals surface area (Å²) in [6, 6.07) is 12.3. The normalized spacial score (nSPS) is 14.7. The molecule has 4 heteroatoms. The number of carbonyl (C=O) groups is 1.